The predicted octanol–water partition coefficient (Wildman–Crippen LogP) is 2.80. The van der Waals surface area contributed by atoms with E-state index in [1.807, 2.05) is 49.4 Å². The first-order chi connectivity index (χ1) is 15.0. The zero-order chi connectivity index (χ0) is 21.8. The second-order valence-corrected chi connectivity index (χ2v) is 7.70. The van der Waals surface area contributed by atoms with Crippen LogP contribution >= 0.6 is 0 Å². The highest BCUT2D eigenvalue weighted by molar-refractivity contribution is 5.98. The molecule has 1 fully saturated rings. The summed E-state index contributed by atoms with van der Waals surface area (Å²) in [5, 5.41) is 13.0. The fraction of sp³-hybridized carbons (Fsp3) is 0.292. The van der Waals surface area contributed by atoms with Gasteiger partial charge in [-0.2, -0.15) is 0 Å². The summed E-state index contributed by atoms with van der Waals surface area (Å²) in [5.41, 5.74) is 3.41. The number of aryl methyl sites for hydroxylation is 1. The number of rotatable bonds is 6. The molecular formula is C24H25N3O4. The van der Waals surface area contributed by atoms with Crippen molar-refractivity contribution in [1.29, 1.82) is 0 Å². The van der Waals surface area contributed by atoms with Gasteiger partial charge in [-0.1, -0.05) is 43.3 Å². The minimum Gasteiger partial charge on any atom is -0.444 e. The summed E-state index contributed by atoms with van der Waals surface area (Å²) in [6, 6.07) is 14.3. The van der Waals surface area contributed by atoms with E-state index in [1.54, 1.807) is 12.3 Å². The number of aliphatic hydroxyl groups excluding tert-OH is 1. The summed E-state index contributed by atoms with van der Waals surface area (Å²) in [6.07, 6.45) is 3.36. The molecule has 0 spiro atoms. The van der Waals surface area contributed by atoms with Gasteiger partial charge in [-0.05, 0) is 29.7 Å². The van der Waals surface area contributed by atoms with Crippen LogP contribution in [0.25, 0.3) is 11.3 Å². The molecule has 1 saturated heterocycles. The van der Waals surface area contributed by atoms with E-state index in [0.717, 1.165) is 23.1 Å². The number of carbonyl (C=O) groups excluding carboxylic acids is 2. The molecular weight excluding hydrogens is 394 g/mol. The Morgan fingerprint density at radius 2 is 2.00 bits per heavy atom. The number of amides is 2. The van der Waals surface area contributed by atoms with Crippen molar-refractivity contribution in [1.82, 2.24) is 15.2 Å². The van der Waals surface area contributed by atoms with Crippen LogP contribution in [0.3, 0.4) is 0 Å². The van der Waals surface area contributed by atoms with Crippen molar-refractivity contribution < 1.29 is 19.1 Å². The predicted molar refractivity (Wildman–Crippen MR) is 115 cm³/mol. The standard InChI is InChI=1S/C24H25N3O4/c1-2-16-4-3-5-19(10-16)24(30)27-14-20(28)11-21(27)23(29)26-12-17-6-8-18(9-7-17)22-13-25-15-31-22/h3-10,13,15,20-21,28H,2,11-12,14H2,1H3,(H,26,29)/t20?,21-/m0/s1. The molecule has 1 aliphatic rings. The van der Waals surface area contributed by atoms with Crippen molar-refractivity contribution in [2.45, 2.75) is 38.5 Å². The molecule has 2 aromatic carbocycles. The maximum atomic E-state index is 13.0. The second kappa shape index (κ2) is 9.14. The smallest absolute Gasteiger partial charge is 0.254 e. The molecule has 0 radical (unpaired) electrons. The van der Waals surface area contributed by atoms with E-state index in [9.17, 15) is 14.7 Å². The fourth-order valence-corrected chi connectivity index (χ4v) is 3.83. The van der Waals surface area contributed by atoms with Gasteiger partial charge in [0.05, 0.1) is 12.3 Å². The van der Waals surface area contributed by atoms with Gasteiger partial charge in [-0.15, -0.1) is 0 Å². The van der Waals surface area contributed by atoms with Gasteiger partial charge >= 0.3 is 0 Å². The van der Waals surface area contributed by atoms with E-state index < -0.39 is 12.1 Å². The van der Waals surface area contributed by atoms with E-state index in [0.29, 0.717) is 17.9 Å². The van der Waals surface area contributed by atoms with Gasteiger partial charge in [0.2, 0.25) is 5.91 Å². The Balaban J connectivity index is 1.41. The lowest BCUT2D eigenvalue weighted by Gasteiger charge is -2.24. The maximum absolute atomic E-state index is 13.0. The first kappa shape index (κ1) is 20.8. The van der Waals surface area contributed by atoms with Gasteiger partial charge in [0, 0.05) is 30.6 Å². The summed E-state index contributed by atoms with van der Waals surface area (Å²) in [5.74, 6) is 0.177. The lowest BCUT2D eigenvalue weighted by Crippen LogP contribution is -2.45. The number of carbonyl (C=O) groups is 2. The van der Waals surface area contributed by atoms with E-state index in [2.05, 4.69) is 10.3 Å². The monoisotopic (exact) mass is 419 g/mol. The highest BCUT2D eigenvalue weighted by Crippen LogP contribution is 2.22. The number of hydrogen-bond donors (Lipinski definition) is 2. The number of likely N-dealkylation sites (tertiary alicyclic amines) is 1. The van der Waals surface area contributed by atoms with Crippen LogP contribution in [0, 0.1) is 0 Å². The lowest BCUT2D eigenvalue weighted by molar-refractivity contribution is -0.125. The minimum atomic E-state index is -0.713. The average Bonchev–Trinajstić information content (AvgIpc) is 3.47. The zero-order valence-corrected chi connectivity index (χ0v) is 17.3. The molecule has 160 valence electrons. The topological polar surface area (TPSA) is 95.7 Å². The van der Waals surface area contributed by atoms with E-state index in [1.165, 1.54) is 11.3 Å². The molecule has 1 aliphatic heterocycles. The zero-order valence-electron chi connectivity index (χ0n) is 17.3. The molecule has 2 amide bonds. The van der Waals surface area contributed by atoms with Crippen molar-refractivity contribution in [2.75, 3.05) is 6.54 Å². The average molecular weight is 419 g/mol. The molecule has 0 saturated carbocycles. The van der Waals surface area contributed by atoms with E-state index >= 15 is 0 Å². The third kappa shape index (κ3) is 4.67. The van der Waals surface area contributed by atoms with Crippen LogP contribution in [0.1, 0.15) is 34.8 Å². The molecule has 2 heterocycles. The van der Waals surface area contributed by atoms with Crippen LogP contribution in [0.15, 0.2) is 65.5 Å². The molecule has 1 unspecified atom stereocenters. The maximum Gasteiger partial charge on any atom is 0.254 e. The Labute approximate surface area is 180 Å². The summed E-state index contributed by atoms with van der Waals surface area (Å²) in [4.78, 5) is 31.2. The number of aliphatic hydroxyl groups is 1. The van der Waals surface area contributed by atoms with Crippen LogP contribution in [0.2, 0.25) is 0 Å². The minimum absolute atomic E-state index is 0.152. The van der Waals surface area contributed by atoms with Crippen molar-refractivity contribution in [3.63, 3.8) is 0 Å². The number of aromatic nitrogens is 1. The van der Waals surface area contributed by atoms with Gasteiger partial charge in [-0.3, -0.25) is 9.59 Å². The highest BCUT2D eigenvalue weighted by atomic mass is 16.3. The molecule has 0 bridgehead atoms. The van der Waals surface area contributed by atoms with Crippen LogP contribution < -0.4 is 5.32 Å². The normalized spacial score (nSPS) is 18.2. The molecule has 7 nitrogen and oxygen atoms in total. The number of oxazole rings is 1. The molecule has 3 aromatic rings. The Hall–Kier alpha value is -3.45. The third-order valence-electron chi connectivity index (χ3n) is 5.56. The number of benzene rings is 2. The Bertz CT molecular complexity index is 1050. The number of β-amino-alcohol motifs (C(OH)–C–C–N with tert-alkyl or cyclic N) is 1. The summed E-state index contributed by atoms with van der Waals surface area (Å²) < 4.78 is 5.28. The van der Waals surface area contributed by atoms with Gasteiger partial charge < -0.3 is 19.7 Å². The van der Waals surface area contributed by atoms with Crippen molar-refractivity contribution in [2.24, 2.45) is 0 Å². The molecule has 4 rings (SSSR count). The van der Waals surface area contributed by atoms with Crippen molar-refractivity contribution >= 4 is 11.8 Å². The number of hydrogen-bond acceptors (Lipinski definition) is 5. The molecule has 0 aliphatic carbocycles. The molecule has 2 atom stereocenters. The molecule has 31 heavy (non-hydrogen) atoms. The van der Waals surface area contributed by atoms with Gasteiger partial charge in [0.1, 0.15) is 6.04 Å². The second-order valence-electron chi connectivity index (χ2n) is 7.70. The molecule has 2 N–H and O–H groups in total. The van der Waals surface area contributed by atoms with Gasteiger partial charge in [0.15, 0.2) is 12.2 Å². The van der Waals surface area contributed by atoms with Gasteiger partial charge in [-0.25, -0.2) is 4.98 Å². The van der Waals surface area contributed by atoms with Gasteiger partial charge in [0.25, 0.3) is 5.91 Å². The Morgan fingerprint density at radius 1 is 1.19 bits per heavy atom. The van der Waals surface area contributed by atoms with E-state index in [4.69, 9.17) is 4.42 Å². The summed E-state index contributed by atoms with van der Waals surface area (Å²) in [6.45, 7) is 2.51. The van der Waals surface area contributed by atoms with Crippen molar-refractivity contribution in [3.8, 4) is 11.3 Å². The van der Waals surface area contributed by atoms with Crippen LogP contribution in [-0.4, -0.2) is 45.5 Å². The number of nitrogens with zero attached hydrogens (tertiary/aromatic N) is 2. The number of nitrogens with one attached hydrogen (secondary N) is 1. The quantitative estimate of drug-likeness (QED) is 0.641. The molecule has 1 aromatic heterocycles. The fourth-order valence-electron chi connectivity index (χ4n) is 3.83. The Morgan fingerprint density at radius 3 is 2.71 bits per heavy atom. The van der Waals surface area contributed by atoms with Crippen LogP contribution in [0.4, 0.5) is 0 Å². The molecule has 7 heteroatoms. The SMILES string of the molecule is CCc1cccc(C(=O)N2CC(O)C[C@H]2C(=O)NCc2ccc(-c3cnco3)cc2)c1. The highest BCUT2D eigenvalue weighted by Gasteiger charge is 2.39. The third-order valence-corrected chi connectivity index (χ3v) is 5.56. The largest absolute Gasteiger partial charge is 0.444 e. The lowest BCUT2D eigenvalue weighted by atomic mass is 10.1. The van der Waals surface area contributed by atoms with Crippen molar-refractivity contribution in [3.05, 3.63) is 77.8 Å². The van der Waals surface area contributed by atoms with Crippen LogP contribution in [0.5, 0.6) is 0 Å². The van der Waals surface area contributed by atoms with Crippen LogP contribution in [-0.2, 0) is 17.8 Å². The Kier molecular flexibility index (Phi) is 6.13. The first-order valence-corrected chi connectivity index (χ1v) is 10.4. The summed E-state index contributed by atoms with van der Waals surface area (Å²) in [7, 11) is 0. The van der Waals surface area contributed by atoms with E-state index in [-0.39, 0.29) is 24.8 Å². The first-order valence-electron chi connectivity index (χ1n) is 10.4. The summed E-state index contributed by atoms with van der Waals surface area (Å²) >= 11 is 0.